The van der Waals surface area contributed by atoms with E-state index in [9.17, 15) is 27.2 Å². The molecule has 3 rings (SSSR count). The van der Waals surface area contributed by atoms with Gasteiger partial charge in [-0.3, -0.25) is 14.2 Å². The minimum Gasteiger partial charge on any atom is -0.494 e. The number of rotatable bonds is 6. The smallest absolute Gasteiger partial charge is 0.416 e. The van der Waals surface area contributed by atoms with Crippen molar-refractivity contribution < 1.29 is 36.6 Å². The van der Waals surface area contributed by atoms with E-state index in [-0.39, 0.29) is 29.4 Å². The number of halogens is 4. The number of benzene rings is 2. The fourth-order valence-electron chi connectivity index (χ4n) is 3.55. The van der Waals surface area contributed by atoms with Gasteiger partial charge >= 0.3 is 12.1 Å². The van der Waals surface area contributed by atoms with Gasteiger partial charge in [-0.05, 0) is 56.2 Å². The van der Waals surface area contributed by atoms with E-state index in [1.54, 1.807) is 13.8 Å². The van der Waals surface area contributed by atoms with Crippen LogP contribution in [0.1, 0.15) is 47.4 Å². The maximum absolute atomic E-state index is 14.5. The largest absolute Gasteiger partial charge is 0.494 e. The lowest BCUT2D eigenvalue weighted by Gasteiger charge is -2.11. The molecule has 3 aromatic rings. The quantitative estimate of drug-likeness (QED) is 0.347. The number of aromatic nitrogens is 1. The minimum absolute atomic E-state index is 0.0204. The lowest BCUT2D eigenvalue weighted by Crippen LogP contribution is -2.17. The van der Waals surface area contributed by atoms with Gasteiger partial charge in [-0.25, -0.2) is 4.39 Å². The standard InChI is InChI=1S/C24H23F4NO4/c1-5-13(2)33-22(30)11-17-14(3)29(20-12-19(25)21(32-4)10-18(17)20)23(31)15-6-8-16(9-7-15)24(26,27)28/h6-10,12-13H,5,11H2,1-4H3. The number of ether oxygens (including phenoxy) is 2. The molecule has 1 unspecified atom stereocenters. The topological polar surface area (TPSA) is 57.5 Å². The Morgan fingerprint density at radius 1 is 1.12 bits per heavy atom. The van der Waals surface area contributed by atoms with Crippen LogP contribution in [0.15, 0.2) is 36.4 Å². The van der Waals surface area contributed by atoms with Crippen LogP contribution >= 0.6 is 0 Å². The molecule has 0 N–H and O–H groups in total. The second-order valence-corrected chi connectivity index (χ2v) is 7.67. The van der Waals surface area contributed by atoms with Gasteiger partial charge in [0.15, 0.2) is 11.6 Å². The Morgan fingerprint density at radius 3 is 2.30 bits per heavy atom. The normalized spacial score (nSPS) is 12.6. The molecule has 0 aliphatic rings. The molecule has 0 radical (unpaired) electrons. The summed E-state index contributed by atoms with van der Waals surface area (Å²) in [7, 11) is 1.29. The van der Waals surface area contributed by atoms with Gasteiger partial charge in [0, 0.05) is 22.7 Å². The van der Waals surface area contributed by atoms with Gasteiger partial charge in [0.25, 0.3) is 5.91 Å². The lowest BCUT2D eigenvalue weighted by molar-refractivity contribution is -0.147. The summed E-state index contributed by atoms with van der Waals surface area (Å²) in [6, 6.07) is 6.23. The summed E-state index contributed by atoms with van der Waals surface area (Å²) < 4.78 is 64.7. The summed E-state index contributed by atoms with van der Waals surface area (Å²) in [5, 5.41) is 0.409. The molecule has 2 aromatic carbocycles. The Morgan fingerprint density at radius 2 is 1.76 bits per heavy atom. The van der Waals surface area contributed by atoms with E-state index in [1.807, 2.05) is 6.92 Å². The van der Waals surface area contributed by atoms with Crippen molar-refractivity contribution in [3.05, 3.63) is 64.6 Å². The molecule has 0 aliphatic carbocycles. The number of methoxy groups -OCH3 is 1. The number of alkyl halides is 3. The van der Waals surface area contributed by atoms with E-state index in [1.165, 1.54) is 17.7 Å². The van der Waals surface area contributed by atoms with Crippen LogP contribution in [0.3, 0.4) is 0 Å². The monoisotopic (exact) mass is 465 g/mol. The molecule has 0 amide bonds. The van der Waals surface area contributed by atoms with Crippen molar-refractivity contribution in [3.63, 3.8) is 0 Å². The highest BCUT2D eigenvalue weighted by molar-refractivity contribution is 6.05. The summed E-state index contributed by atoms with van der Waals surface area (Å²) in [6.07, 6.45) is -4.39. The third-order valence-corrected chi connectivity index (χ3v) is 5.50. The first-order chi connectivity index (χ1) is 15.5. The second-order valence-electron chi connectivity index (χ2n) is 7.67. The molecule has 0 bridgehead atoms. The molecule has 1 atom stereocenters. The summed E-state index contributed by atoms with van der Waals surface area (Å²) in [5.74, 6) is -1.97. The fourth-order valence-corrected chi connectivity index (χ4v) is 3.55. The van der Waals surface area contributed by atoms with Gasteiger partial charge in [-0.1, -0.05) is 6.92 Å². The van der Waals surface area contributed by atoms with E-state index < -0.39 is 29.4 Å². The van der Waals surface area contributed by atoms with Crippen molar-refractivity contribution in [1.29, 1.82) is 0 Å². The zero-order chi connectivity index (χ0) is 24.5. The maximum atomic E-state index is 14.5. The average Bonchev–Trinajstić information content (AvgIpc) is 3.02. The molecular formula is C24H23F4NO4. The summed E-state index contributed by atoms with van der Waals surface area (Å²) in [5.41, 5.74) is 0.0490. The zero-order valence-electron chi connectivity index (χ0n) is 18.5. The summed E-state index contributed by atoms with van der Waals surface area (Å²) in [6.45, 7) is 5.20. The van der Waals surface area contributed by atoms with Crippen LogP contribution in [0.4, 0.5) is 17.6 Å². The molecule has 0 fully saturated rings. The molecule has 1 aromatic heterocycles. The van der Waals surface area contributed by atoms with Gasteiger partial charge in [0.05, 0.1) is 30.7 Å². The number of hydrogen-bond acceptors (Lipinski definition) is 4. The molecule has 176 valence electrons. The van der Waals surface area contributed by atoms with Crippen LogP contribution in [-0.4, -0.2) is 29.7 Å². The first kappa shape index (κ1) is 24.3. The summed E-state index contributed by atoms with van der Waals surface area (Å²) >= 11 is 0. The van der Waals surface area contributed by atoms with E-state index in [2.05, 4.69) is 0 Å². The van der Waals surface area contributed by atoms with Crippen molar-refractivity contribution in [3.8, 4) is 5.75 Å². The predicted octanol–water partition coefficient (Wildman–Crippen LogP) is 5.69. The molecular weight excluding hydrogens is 442 g/mol. The fraction of sp³-hybridized carbons (Fsp3) is 0.333. The van der Waals surface area contributed by atoms with Gasteiger partial charge in [-0.15, -0.1) is 0 Å². The van der Waals surface area contributed by atoms with Gasteiger partial charge in [0.2, 0.25) is 0 Å². The Hall–Kier alpha value is -3.36. The Kier molecular flexibility index (Phi) is 6.81. The Bertz CT molecular complexity index is 1200. The van der Waals surface area contributed by atoms with Crippen LogP contribution in [0, 0.1) is 12.7 Å². The number of esters is 1. The van der Waals surface area contributed by atoms with E-state index in [0.29, 0.717) is 23.1 Å². The third-order valence-electron chi connectivity index (χ3n) is 5.50. The van der Waals surface area contributed by atoms with Crippen LogP contribution in [-0.2, 0) is 22.1 Å². The molecule has 33 heavy (non-hydrogen) atoms. The number of nitrogens with zero attached hydrogens (tertiary/aromatic N) is 1. The summed E-state index contributed by atoms with van der Waals surface area (Å²) in [4.78, 5) is 25.7. The predicted molar refractivity (Wildman–Crippen MR) is 114 cm³/mol. The number of carbonyl (C=O) groups is 2. The average molecular weight is 465 g/mol. The highest BCUT2D eigenvalue weighted by Gasteiger charge is 2.31. The molecule has 5 nitrogen and oxygen atoms in total. The van der Waals surface area contributed by atoms with Crippen molar-refractivity contribution in [2.45, 2.75) is 45.9 Å². The van der Waals surface area contributed by atoms with Crippen molar-refractivity contribution in [2.24, 2.45) is 0 Å². The Balaban J connectivity index is 2.13. The van der Waals surface area contributed by atoms with E-state index in [4.69, 9.17) is 9.47 Å². The third kappa shape index (κ3) is 4.86. The Labute approximate surface area is 187 Å². The van der Waals surface area contributed by atoms with Crippen molar-refractivity contribution >= 4 is 22.8 Å². The van der Waals surface area contributed by atoms with E-state index >= 15 is 0 Å². The number of fused-ring (bicyclic) bond motifs is 1. The van der Waals surface area contributed by atoms with Crippen molar-refractivity contribution in [2.75, 3.05) is 7.11 Å². The van der Waals surface area contributed by atoms with Gasteiger partial charge in [-0.2, -0.15) is 13.2 Å². The second kappa shape index (κ2) is 9.25. The molecule has 9 heteroatoms. The van der Waals surface area contributed by atoms with Crippen LogP contribution < -0.4 is 4.74 Å². The first-order valence-corrected chi connectivity index (χ1v) is 10.3. The van der Waals surface area contributed by atoms with Crippen LogP contribution in [0.2, 0.25) is 0 Å². The molecule has 1 heterocycles. The van der Waals surface area contributed by atoms with Crippen molar-refractivity contribution in [1.82, 2.24) is 4.57 Å². The highest BCUT2D eigenvalue weighted by Crippen LogP contribution is 2.33. The van der Waals surface area contributed by atoms with Gasteiger partial charge in [0.1, 0.15) is 0 Å². The maximum Gasteiger partial charge on any atom is 0.416 e. The SMILES string of the molecule is CCC(C)OC(=O)Cc1c(C)n(C(=O)c2ccc(C(F)(F)F)cc2)c2cc(F)c(OC)cc12. The van der Waals surface area contributed by atoms with Crippen LogP contribution in [0.25, 0.3) is 10.9 Å². The zero-order valence-corrected chi connectivity index (χ0v) is 18.5. The molecule has 0 saturated heterocycles. The highest BCUT2D eigenvalue weighted by atomic mass is 19.4. The van der Waals surface area contributed by atoms with Crippen LogP contribution in [0.5, 0.6) is 5.75 Å². The first-order valence-electron chi connectivity index (χ1n) is 10.3. The number of hydrogen-bond donors (Lipinski definition) is 0. The van der Waals surface area contributed by atoms with E-state index in [0.717, 1.165) is 30.3 Å². The van der Waals surface area contributed by atoms with Gasteiger partial charge < -0.3 is 9.47 Å². The minimum atomic E-state index is -4.54. The molecule has 0 saturated carbocycles. The molecule has 0 aliphatic heterocycles. The lowest BCUT2D eigenvalue weighted by atomic mass is 10.1. The molecule has 0 spiro atoms. The number of carbonyl (C=O) groups excluding carboxylic acids is 2.